The Bertz CT molecular complexity index is 1570. The van der Waals surface area contributed by atoms with Gasteiger partial charge in [0, 0.05) is 29.8 Å². The number of nitrogens with zero attached hydrogens (tertiary/aromatic N) is 3. The molecule has 210 valence electrons. The maximum Gasteiger partial charge on any atom is 0.293 e. The van der Waals surface area contributed by atoms with Crippen molar-refractivity contribution in [3.05, 3.63) is 107 Å². The largest absolute Gasteiger partial charge is 0.490 e. The van der Waals surface area contributed by atoms with Gasteiger partial charge in [-0.15, -0.1) is 0 Å². The molecule has 1 aliphatic rings. The van der Waals surface area contributed by atoms with Crippen molar-refractivity contribution in [1.29, 1.82) is 0 Å². The van der Waals surface area contributed by atoms with Crippen LogP contribution in [-0.2, 0) is 11.4 Å². The third-order valence-electron chi connectivity index (χ3n) is 5.74. The number of ether oxygens (including phenoxy) is 2. The average Bonchev–Trinajstić information content (AvgIpc) is 3.20. The lowest BCUT2D eigenvalue weighted by atomic mass is 10.1. The van der Waals surface area contributed by atoms with Gasteiger partial charge in [0.05, 0.1) is 32.4 Å². The lowest BCUT2D eigenvalue weighted by Gasteiger charge is -2.15. The van der Waals surface area contributed by atoms with Crippen molar-refractivity contribution in [2.45, 2.75) is 13.5 Å². The van der Waals surface area contributed by atoms with Crippen LogP contribution < -0.4 is 9.47 Å². The molecule has 0 aromatic heterocycles. The van der Waals surface area contributed by atoms with Gasteiger partial charge in [-0.05, 0) is 88.2 Å². The van der Waals surface area contributed by atoms with E-state index in [4.69, 9.17) is 9.47 Å². The van der Waals surface area contributed by atoms with Crippen molar-refractivity contribution in [2.24, 2.45) is 0 Å². The number of amides is 2. The van der Waals surface area contributed by atoms with Crippen LogP contribution in [0.15, 0.2) is 70.0 Å². The van der Waals surface area contributed by atoms with E-state index in [9.17, 15) is 34.6 Å². The number of thioether (sulfide) groups is 1. The van der Waals surface area contributed by atoms with E-state index in [1.807, 2.05) is 0 Å². The highest BCUT2D eigenvalue weighted by Gasteiger charge is 2.36. The fourth-order valence-corrected chi connectivity index (χ4v) is 5.15. The number of hydrogen-bond acceptors (Lipinski definition) is 10. The summed E-state index contributed by atoms with van der Waals surface area (Å²) in [6.07, 6.45) is 1.49. The molecule has 41 heavy (non-hydrogen) atoms. The average molecular weight is 642 g/mol. The molecule has 3 aromatic carbocycles. The summed E-state index contributed by atoms with van der Waals surface area (Å²) in [4.78, 5) is 59.7. The first-order valence-electron chi connectivity index (χ1n) is 11.9. The number of ketones is 1. The van der Waals surface area contributed by atoms with Gasteiger partial charge in [-0.2, -0.15) is 0 Å². The molecule has 0 spiro atoms. The highest BCUT2D eigenvalue weighted by molar-refractivity contribution is 9.10. The van der Waals surface area contributed by atoms with Gasteiger partial charge >= 0.3 is 0 Å². The number of nitro benzene ring substituents is 2. The fourth-order valence-electron chi connectivity index (χ4n) is 3.74. The Hall–Kier alpha value is -4.56. The van der Waals surface area contributed by atoms with Crippen molar-refractivity contribution in [3.63, 3.8) is 0 Å². The number of benzene rings is 3. The molecule has 3 aromatic rings. The molecule has 1 aliphatic heterocycles. The van der Waals surface area contributed by atoms with Crippen molar-refractivity contribution in [1.82, 2.24) is 4.90 Å². The van der Waals surface area contributed by atoms with E-state index in [2.05, 4.69) is 15.9 Å². The van der Waals surface area contributed by atoms with Gasteiger partial charge in [0.15, 0.2) is 17.3 Å². The van der Waals surface area contributed by atoms with Gasteiger partial charge in [-0.25, -0.2) is 0 Å². The van der Waals surface area contributed by atoms with Gasteiger partial charge in [0.1, 0.15) is 6.61 Å². The normalized spacial score (nSPS) is 13.9. The van der Waals surface area contributed by atoms with Crippen LogP contribution >= 0.6 is 27.7 Å². The molecule has 0 aliphatic carbocycles. The lowest BCUT2D eigenvalue weighted by molar-refractivity contribution is -0.385. The monoisotopic (exact) mass is 641 g/mol. The number of Topliss-reactive ketones (excluding diaryl/α,β-unsaturated/α-hetero) is 1. The molecule has 1 heterocycles. The minimum Gasteiger partial charge on any atom is -0.490 e. The number of carbonyl (C=O) groups excluding carboxylic acids is 3. The predicted octanol–water partition coefficient (Wildman–Crippen LogP) is 6.16. The molecule has 2 amide bonds. The molecule has 0 N–H and O–H groups in total. The molecule has 1 fully saturated rings. The lowest BCUT2D eigenvalue weighted by Crippen LogP contribution is -2.33. The second-order valence-electron chi connectivity index (χ2n) is 8.47. The zero-order chi connectivity index (χ0) is 29.7. The van der Waals surface area contributed by atoms with E-state index in [1.165, 1.54) is 42.5 Å². The van der Waals surface area contributed by atoms with Crippen LogP contribution in [0.4, 0.5) is 16.2 Å². The number of carbonyl (C=O) groups is 3. The van der Waals surface area contributed by atoms with Crippen LogP contribution in [-0.4, -0.2) is 44.8 Å². The second-order valence-corrected chi connectivity index (χ2v) is 10.3. The van der Waals surface area contributed by atoms with Crippen molar-refractivity contribution >= 4 is 62.1 Å². The minimum atomic E-state index is -0.650. The third kappa shape index (κ3) is 6.96. The van der Waals surface area contributed by atoms with Gasteiger partial charge in [-0.1, -0.05) is 0 Å². The van der Waals surface area contributed by atoms with E-state index in [0.29, 0.717) is 45.5 Å². The zero-order valence-corrected chi connectivity index (χ0v) is 23.7. The second kappa shape index (κ2) is 12.7. The number of halogens is 1. The standard InChI is InChI=1S/C27H20BrN3O9S/c1-2-39-23-12-17(11-21(28)25(23)40-15-16-3-7-19(8-4-16)30(35)36)13-24-26(33)29(27(34)41-24)14-22(32)18-5-9-20(10-6-18)31(37)38/h3-13H,2,14-15H2,1H3/b24-13+. The Balaban J connectivity index is 1.50. The minimum absolute atomic E-state index is 0.0329. The summed E-state index contributed by atoms with van der Waals surface area (Å²) in [7, 11) is 0. The topological polar surface area (TPSA) is 159 Å². The van der Waals surface area contributed by atoms with E-state index >= 15 is 0 Å². The van der Waals surface area contributed by atoms with E-state index in [1.54, 1.807) is 31.2 Å². The Kier molecular flexibility index (Phi) is 9.14. The number of nitro groups is 2. The van der Waals surface area contributed by atoms with Gasteiger partial charge in [-0.3, -0.25) is 39.5 Å². The van der Waals surface area contributed by atoms with Crippen molar-refractivity contribution in [2.75, 3.05) is 13.2 Å². The molecule has 0 bridgehead atoms. The number of imide groups is 1. The molecule has 0 atom stereocenters. The summed E-state index contributed by atoms with van der Waals surface area (Å²) in [6.45, 7) is 1.69. The Morgan fingerprint density at radius 1 is 0.976 bits per heavy atom. The van der Waals surface area contributed by atoms with E-state index in [0.717, 1.165) is 4.90 Å². The number of hydrogen-bond donors (Lipinski definition) is 0. The SMILES string of the molecule is CCOc1cc(/C=C2/SC(=O)N(CC(=O)c3ccc([N+](=O)[O-])cc3)C2=O)cc(Br)c1OCc1ccc([N+](=O)[O-])cc1. The summed E-state index contributed by atoms with van der Waals surface area (Å²) < 4.78 is 12.2. The summed E-state index contributed by atoms with van der Waals surface area (Å²) >= 11 is 4.14. The molecule has 1 saturated heterocycles. The third-order valence-corrected chi connectivity index (χ3v) is 7.23. The molecule has 0 saturated carbocycles. The molecular formula is C27H20BrN3O9S. The van der Waals surface area contributed by atoms with Gasteiger partial charge in [0.25, 0.3) is 22.5 Å². The van der Waals surface area contributed by atoms with E-state index < -0.39 is 33.3 Å². The molecule has 0 radical (unpaired) electrons. The van der Waals surface area contributed by atoms with Crippen LogP contribution in [0.25, 0.3) is 6.08 Å². The maximum absolute atomic E-state index is 13.0. The quantitative estimate of drug-likeness (QED) is 0.103. The molecule has 4 rings (SSSR count). The fraction of sp³-hybridized carbons (Fsp3) is 0.148. The first kappa shape index (κ1) is 29.4. The predicted molar refractivity (Wildman–Crippen MR) is 153 cm³/mol. The van der Waals surface area contributed by atoms with Crippen LogP contribution in [0, 0.1) is 20.2 Å². The number of rotatable bonds is 11. The zero-order valence-electron chi connectivity index (χ0n) is 21.3. The number of non-ortho nitro benzene ring substituents is 2. The van der Waals surface area contributed by atoms with Gasteiger partial charge < -0.3 is 9.47 Å². The highest BCUT2D eigenvalue weighted by Crippen LogP contribution is 2.40. The summed E-state index contributed by atoms with van der Waals surface area (Å²) in [6, 6.07) is 14.1. The molecule has 14 heteroatoms. The van der Waals surface area contributed by atoms with Crippen molar-refractivity contribution < 1.29 is 33.7 Å². The van der Waals surface area contributed by atoms with Gasteiger partial charge in [0.2, 0.25) is 0 Å². The maximum atomic E-state index is 13.0. The Labute approximate surface area is 245 Å². The highest BCUT2D eigenvalue weighted by atomic mass is 79.9. The van der Waals surface area contributed by atoms with Crippen LogP contribution in [0.1, 0.15) is 28.4 Å². The first-order chi connectivity index (χ1) is 19.6. The summed E-state index contributed by atoms with van der Waals surface area (Å²) in [5.74, 6) is -0.450. The van der Waals surface area contributed by atoms with Crippen LogP contribution in [0.3, 0.4) is 0 Å². The smallest absolute Gasteiger partial charge is 0.293 e. The van der Waals surface area contributed by atoms with E-state index in [-0.39, 0.29) is 28.5 Å². The van der Waals surface area contributed by atoms with Crippen molar-refractivity contribution in [3.8, 4) is 11.5 Å². The first-order valence-corrected chi connectivity index (χ1v) is 13.5. The van der Waals surface area contributed by atoms with Crippen LogP contribution in [0.5, 0.6) is 11.5 Å². The molecular weight excluding hydrogens is 622 g/mol. The van der Waals surface area contributed by atoms with Crippen LogP contribution in [0.2, 0.25) is 0 Å². The molecule has 12 nitrogen and oxygen atoms in total. The molecule has 0 unspecified atom stereocenters. The summed E-state index contributed by atoms with van der Waals surface area (Å²) in [5.41, 5.74) is 1.14. The Morgan fingerprint density at radius 3 is 2.17 bits per heavy atom. The Morgan fingerprint density at radius 2 is 1.59 bits per heavy atom. The summed E-state index contributed by atoms with van der Waals surface area (Å²) in [5, 5.41) is 21.1.